The van der Waals surface area contributed by atoms with E-state index in [4.69, 9.17) is 15.2 Å². The highest BCUT2D eigenvalue weighted by molar-refractivity contribution is 5.96. The third-order valence-corrected chi connectivity index (χ3v) is 3.21. The van der Waals surface area contributed by atoms with Crippen LogP contribution in [-0.4, -0.2) is 39.3 Å². The van der Waals surface area contributed by atoms with Crippen LogP contribution in [-0.2, 0) is 4.74 Å². The lowest BCUT2D eigenvalue weighted by atomic mass is 10.0. The Kier molecular flexibility index (Phi) is 3.72. The predicted molar refractivity (Wildman–Crippen MR) is 69.3 cm³/mol. The number of nitrogens with two attached hydrogens (primary N) is 1. The first-order valence-electron chi connectivity index (χ1n) is 5.95. The van der Waals surface area contributed by atoms with Gasteiger partial charge in [-0.1, -0.05) is 0 Å². The monoisotopic (exact) mass is 250 g/mol. The van der Waals surface area contributed by atoms with Crippen molar-refractivity contribution < 1.29 is 14.3 Å². The molecule has 1 saturated heterocycles. The molecule has 18 heavy (non-hydrogen) atoms. The van der Waals surface area contributed by atoms with Gasteiger partial charge in [0, 0.05) is 24.2 Å². The number of hydrogen-bond donors (Lipinski definition) is 1. The maximum atomic E-state index is 11.3. The van der Waals surface area contributed by atoms with Crippen LogP contribution < -0.4 is 15.4 Å². The summed E-state index contributed by atoms with van der Waals surface area (Å²) in [6, 6.07) is 3.64. The van der Waals surface area contributed by atoms with E-state index in [9.17, 15) is 4.79 Å². The molecule has 0 unspecified atom stereocenters. The van der Waals surface area contributed by atoms with Gasteiger partial charge in [-0.15, -0.1) is 0 Å². The highest BCUT2D eigenvalue weighted by atomic mass is 16.5. The average molecular weight is 250 g/mol. The summed E-state index contributed by atoms with van der Waals surface area (Å²) in [6.07, 6.45) is 0. The largest absolute Gasteiger partial charge is 0.494 e. The van der Waals surface area contributed by atoms with Gasteiger partial charge in [0.1, 0.15) is 5.75 Å². The molecule has 1 heterocycles. The second kappa shape index (κ2) is 5.27. The van der Waals surface area contributed by atoms with Crippen LogP contribution in [0.15, 0.2) is 12.1 Å². The quantitative estimate of drug-likeness (QED) is 0.867. The normalized spacial score (nSPS) is 15.6. The van der Waals surface area contributed by atoms with Crippen molar-refractivity contribution in [3.63, 3.8) is 0 Å². The minimum atomic E-state index is -0.431. The summed E-state index contributed by atoms with van der Waals surface area (Å²) in [5, 5.41) is 0. The van der Waals surface area contributed by atoms with Gasteiger partial charge in [-0.2, -0.15) is 0 Å². The highest BCUT2D eigenvalue weighted by Gasteiger charge is 2.19. The number of rotatable bonds is 3. The van der Waals surface area contributed by atoms with Gasteiger partial charge in [0.2, 0.25) is 5.91 Å². The molecule has 0 bridgehead atoms. The Hall–Kier alpha value is -1.75. The van der Waals surface area contributed by atoms with Crippen LogP contribution in [0.2, 0.25) is 0 Å². The fraction of sp³-hybridized carbons (Fsp3) is 0.462. The molecule has 1 aromatic carbocycles. The Morgan fingerprint density at radius 2 is 2.06 bits per heavy atom. The number of benzene rings is 1. The Morgan fingerprint density at radius 3 is 2.61 bits per heavy atom. The Balaban J connectivity index is 2.41. The molecule has 0 spiro atoms. The van der Waals surface area contributed by atoms with Gasteiger partial charge in [0.15, 0.2) is 0 Å². The predicted octanol–water partition coefficient (Wildman–Crippen LogP) is 0.939. The third kappa shape index (κ3) is 2.26. The van der Waals surface area contributed by atoms with E-state index in [0.717, 1.165) is 24.3 Å². The second-order valence-corrected chi connectivity index (χ2v) is 4.25. The highest BCUT2D eigenvalue weighted by Crippen LogP contribution is 2.34. The maximum Gasteiger partial charge on any atom is 0.249 e. The van der Waals surface area contributed by atoms with Crippen molar-refractivity contribution >= 4 is 11.6 Å². The van der Waals surface area contributed by atoms with Gasteiger partial charge in [-0.25, -0.2) is 0 Å². The van der Waals surface area contributed by atoms with Crippen LogP contribution in [0.25, 0.3) is 0 Å². The first-order chi connectivity index (χ1) is 8.65. The van der Waals surface area contributed by atoms with E-state index in [-0.39, 0.29) is 0 Å². The smallest absolute Gasteiger partial charge is 0.249 e. The summed E-state index contributed by atoms with van der Waals surface area (Å²) in [6.45, 7) is 4.92. The second-order valence-electron chi connectivity index (χ2n) is 4.25. The van der Waals surface area contributed by atoms with Gasteiger partial charge < -0.3 is 20.1 Å². The molecule has 5 nitrogen and oxygen atoms in total. The lowest BCUT2D eigenvalue weighted by molar-refractivity contribution is 0.0999. The summed E-state index contributed by atoms with van der Waals surface area (Å²) in [7, 11) is 1.61. The molecular formula is C13H18N2O3. The van der Waals surface area contributed by atoms with Crippen LogP contribution in [0, 0.1) is 6.92 Å². The molecule has 2 N–H and O–H groups in total. The number of ether oxygens (including phenoxy) is 2. The van der Waals surface area contributed by atoms with Gasteiger partial charge in [-0.05, 0) is 19.1 Å². The Bertz CT molecular complexity index is 454. The minimum Gasteiger partial charge on any atom is -0.494 e. The molecule has 0 radical (unpaired) electrons. The Labute approximate surface area is 106 Å². The summed E-state index contributed by atoms with van der Waals surface area (Å²) in [5.74, 6) is 0.285. The molecule has 98 valence electrons. The van der Waals surface area contributed by atoms with Gasteiger partial charge in [-0.3, -0.25) is 4.79 Å². The zero-order valence-corrected chi connectivity index (χ0v) is 10.7. The molecule has 1 aliphatic heterocycles. The molecule has 2 rings (SSSR count). The van der Waals surface area contributed by atoms with Gasteiger partial charge in [0.05, 0.1) is 26.0 Å². The van der Waals surface area contributed by atoms with Crippen LogP contribution in [0.3, 0.4) is 0 Å². The van der Waals surface area contributed by atoms with Crippen molar-refractivity contribution in [2.75, 3.05) is 38.3 Å². The molecule has 1 aliphatic rings. The number of primary amides is 1. The molecule has 5 heteroatoms. The van der Waals surface area contributed by atoms with Crippen molar-refractivity contribution in [1.82, 2.24) is 0 Å². The van der Waals surface area contributed by atoms with Crippen LogP contribution in [0.4, 0.5) is 5.69 Å². The SMILES string of the molecule is COc1c(N2CCOCC2)ccc(C(N)=O)c1C. The van der Waals surface area contributed by atoms with Crippen LogP contribution in [0.5, 0.6) is 5.75 Å². The molecule has 1 amide bonds. The van der Waals surface area contributed by atoms with Crippen molar-refractivity contribution in [1.29, 1.82) is 0 Å². The summed E-state index contributed by atoms with van der Waals surface area (Å²) >= 11 is 0. The van der Waals surface area contributed by atoms with E-state index < -0.39 is 5.91 Å². The summed E-state index contributed by atoms with van der Waals surface area (Å²) in [5.41, 5.74) is 7.62. The van der Waals surface area contributed by atoms with E-state index in [1.54, 1.807) is 13.2 Å². The number of anilines is 1. The summed E-state index contributed by atoms with van der Waals surface area (Å²) < 4.78 is 10.8. The van der Waals surface area contributed by atoms with E-state index in [0.29, 0.717) is 24.5 Å². The molecule has 0 atom stereocenters. The van der Waals surface area contributed by atoms with Gasteiger partial charge in [0.25, 0.3) is 0 Å². The molecule has 0 aromatic heterocycles. The number of carbonyl (C=O) groups is 1. The molecule has 1 aromatic rings. The molecule has 0 saturated carbocycles. The number of amides is 1. The minimum absolute atomic E-state index is 0.431. The topological polar surface area (TPSA) is 64.8 Å². The molecule has 0 aliphatic carbocycles. The number of morpholine rings is 1. The lowest BCUT2D eigenvalue weighted by Crippen LogP contribution is -2.36. The van der Waals surface area contributed by atoms with Crippen LogP contribution >= 0.6 is 0 Å². The van der Waals surface area contributed by atoms with Crippen LogP contribution in [0.1, 0.15) is 15.9 Å². The Morgan fingerprint density at radius 1 is 1.39 bits per heavy atom. The number of hydrogen-bond acceptors (Lipinski definition) is 4. The fourth-order valence-electron chi connectivity index (χ4n) is 2.26. The number of carbonyl (C=O) groups excluding carboxylic acids is 1. The zero-order chi connectivity index (χ0) is 13.1. The van der Waals surface area contributed by atoms with E-state index in [1.807, 2.05) is 13.0 Å². The first-order valence-corrected chi connectivity index (χ1v) is 5.95. The average Bonchev–Trinajstić information content (AvgIpc) is 2.39. The first kappa shape index (κ1) is 12.7. The molecule has 1 fully saturated rings. The fourth-order valence-corrected chi connectivity index (χ4v) is 2.26. The number of nitrogens with zero attached hydrogens (tertiary/aromatic N) is 1. The van der Waals surface area contributed by atoms with Gasteiger partial charge >= 0.3 is 0 Å². The molecular weight excluding hydrogens is 232 g/mol. The van der Waals surface area contributed by atoms with Crippen molar-refractivity contribution in [2.24, 2.45) is 5.73 Å². The maximum absolute atomic E-state index is 11.3. The zero-order valence-electron chi connectivity index (χ0n) is 10.7. The third-order valence-electron chi connectivity index (χ3n) is 3.21. The van der Waals surface area contributed by atoms with Crippen molar-refractivity contribution in [2.45, 2.75) is 6.92 Å². The van der Waals surface area contributed by atoms with E-state index in [2.05, 4.69) is 4.90 Å². The van der Waals surface area contributed by atoms with Crippen molar-refractivity contribution in [3.05, 3.63) is 23.3 Å². The standard InChI is InChI=1S/C13H18N2O3/c1-9-10(13(14)16)3-4-11(12(9)17-2)15-5-7-18-8-6-15/h3-4H,5-8H2,1-2H3,(H2,14,16). The number of methoxy groups -OCH3 is 1. The lowest BCUT2D eigenvalue weighted by Gasteiger charge is -2.30. The summed E-state index contributed by atoms with van der Waals surface area (Å²) in [4.78, 5) is 13.5. The van der Waals surface area contributed by atoms with E-state index in [1.165, 1.54) is 0 Å². The van der Waals surface area contributed by atoms with Crippen molar-refractivity contribution in [3.8, 4) is 5.75 Å². The van der Waals surface area contributed by atoms with E-state index >= 15 is 0 Å².